The van der Waals surface area contributed by atoms with Gasteiger partial charge in [0.2, 0.25) is 5.91 Å². The van der Waals surface area contributed by atoms with E-state index in [1.165, 1.54) is 6.33 Å². The minimum Gasteiger partial charge on any atom is -0.322 e. The van der Waals surface area contributed by atoms with Crippen molar-refractivity contribution in [1.29, 1.82) is 0 Å². The Morgan fingerprint density at radius 2 is 2.09 bits per heavy atom. The van der Waals surface area contributed by atoms with E-state index in [-0.39, 0.29) is 11.8 Å². The molecule has 160 valence electrons. The Morgan fingerprint density at radius 1 is 1.19 bits per heavy atom. The highest BCUT2D eigenvalue weighted by atomic mass is 32.2. The number of benzene rings is 2. The van der Waals surface area contributed by atoms with Crippen LogP contribution in [0.25, 0.3) is 11.0 Å². The number of nitrogens with zero attached hydrogens (tertiary/aromatic N) is 4. The van der Waals surface area contributed by atoms with Gasteiger partial charge in [-0.1, -0.05) is 18.2 Å². The molecule has 1 aliphatic heterocycles. The number of aromatic amines is 1. The van der Waals surface area contributed by atoms with Gasteiger partial charge in [0, 0.05) is 36.2 Å². The molecule has 0 fully saturated rings. The van der Waals surface area contributed by atoms with E-state index < -0.39 is 0 Å². The van der Waals surface area contributed by atoms with E-state index in [4.69, 9.17) is 0 Å². The molecule has 3 heterocycles. The zero-order valence-electron chi connectivity index (χ0n) is 17.3. The Morgan fingerprint density at radius 3 is 2.97 bits per heavy atom. The Balaban J connectivity index is 1.29. The molecule has 2 aromatic heterocycles. The molecule has 9 heteroatoms. The maximum absolute atomic E-state index is 12.9. The van der Waals surface area contributed by atoms with Gasteiger partial charge in [-0.05, 0) is 41.8 Å². The monoisotopic (exact) mass is 444 g/mol. The number of H-pyrrole nitrogens is 1. The molecule has 4 aromatic rings. The quantitative estimate of drug-likeness (QED) is 0.358. The van der Waals surface area contributed by atoms with Crippen molar-refractivity contribution in [2.75, 3.05) is 16.8 Å². The van der Waals surface area contributed by atoms with Gasteiger partial charge in [0.05, 0.1) is 11.6 Å². The first kappa shape index (κ1) is 20.2. The van der Waals surface area contributed by atoms with Gasteiger partial charge >= 0.3 is 0 Å². The summed E-state index contributed by atoms with van der Waals surface area (Å²) in [5.74, 6) is 0.474. The largest absolute Gasteiger partial charge is 0.322 e. The minimum absolute atomic E-state index is 0.00816. The van der Waals surface area contributed by atoms with Crippen molar-refractivity contribution in [2.45, 2.75) is 24.1 Å². The third kappa shape index (κ3) is 3.94. The van der Waals surface area contributed by atoms with Gasteiger partial charge in [0.25, 0.3) is 5.91 Å². The van der Waals surface area contributed by atoms with Gasteiger partial charge in [0.1, 0.15) is 11.4 Å². The fourth-order valence-electron chi connectivity index (χ4n) is 3.80. The van der Waals surface area contributed by atoms with Gasteiger partial charge in [-0.25, -0.2) is 9.97 Å². The highest BCUT2D eigenvalue weighted by molar-refractivity contribution is 7.98. The van der Waals surface area contributed by atoms with Crippen LogP contribution in [-0.4, -0.2) is 38.5 Å². The van der Waals surface area contributed by atoms with E-state index in [1.807, 2.05) is 36.4 Å². The van der Waals surface area contributed by atoms with Crippen molar-refractivity contribution in [2.24, 2.45) is 0 Å². The number of rotatable bonds is 5. The molecule has 0 aliphatic carbocycles. The lowest BCUT2D eigenvalue weighted by Crippen LogP contribution is -2.25. The predicted octanol–water partition coefficient (Wildman–Crippen LogP) is 3.81. The first-order chi connectivity index (χ1) is 15.6. The van der Waals surface area contributed by atoms with Crippen LogP contribution in [0.4, 0.5) is 11.4 Å². The number of carbonyl (C=O) groups is 2. The summed E-state index contributed by atoms with van der Waals surface area (Å²) in [6, 6.07) is 13.2. The van der Waals surface area contributed by atoms with E-state index in [0.29, 0.717) is 29.2 Å². The van der Waals surface area contributed by atoms with Crippen molar-refractivity contribution in [3.8, 4) is 0 Å². The molecule has 0 saturated carbocycles. The molecule has 0 atom stereocenters. The van der Waals surface area contributed by atoms with Gasteiger partial charge < -0.3 is 10.2 Å². The fourth-order valence-corrected chi connectivity index (χ4v) is 4.71. The number of hydrogen-bond donors (Lipinski definition) is 2. The van der Waals surface area contributed by atoms with Crippen LogP contribution >= 0.6 is 11.8 Å². The highest BCUT2D eigenvalue weighted by Crippen LogP contribution is 2.31. The molecule has 2 aromatic carbocycles. The first-order valence-electron chi connectivity index (χ1n) is 10.2. The van der Waals surface area contributed by atoms with Gasteiger partial charge in [-0.15, -0.1) is 11.8 Å². The van der Waals surface area contributed by atoms with Gasteiger partial charge in [0.15, 0.2) is 5.65 Å². The second-order valence-corrected chi connectivity index (χ2v) is 8.48. The summed E-state index contributed by atoms with van der Waals surface area (Å²) in [6.07, 6.45) is 4.06. The lowest BCUT2D eigenvalue weighted by Gasteiger charge is -2.16. The molecule has 8 nitrogen and oxygen atoms in total. The molecular weight excluding hydrogens is 424 g/mol. The summed E-state index contributed by atoms with van der Waals surface area (Å²) in [7, 11) is 0. The van der Waals surface area contributed by atoms with Crippen molar-refractivity contribution < 1.29 is 9.59 Å². The zero-order chi connectivity index (χ0) is 22.1. The van der Waals surface area contributed by atoms with E-state index in [1.54, 1.807) is 35.8 Å². The molecule has 32 heavy (non-hydrogen) atoms. The van der Waals surface area contributed by atoms with E-state index in [2.05, 4.69) is 25.5 Å². The SMILES string of the molecule is CC(=O)N1CCc2ccc(NC(=O)c3cccc(CSc4ncnc5[nH]ncc45)c3)cc21. The Labute approximate surface area is 188 Å². The molecule has 0 saturated heterocycles. The highest BCUT2D eigenvalue weighted by Gasteiger charge is 2.22. The van der Waals surface area contributed by atoms with E-state index >= 15 is 0 Å². The van der Waals surface area contributed by atoms with Crippen molar-refractivity contribution in [1.82, 2.24) is 20.2 Å². The summed E-state index contributed by atoms with van der Waals surface area (Å²) in [4.78, 5) is 34.9. The summed E-state index contributed by atoms with van der Waals surface area (Å²) < 4.78 is 0. The number of carbonyl (C=O) groups excluding carboxylic acids is 2. The van der Waals surface area contributed by atoms with Crippen LogP contribution in [0.3, 0.4) is 0 Å². The molecule has 0 spiro atoms. The molecule has 2 amide bonds. The van der Waals surface area contributed by atoms with Crippen LogP contribution < -0.4 is 10.2 Å². The number of anilines is 2. The van der Waals surface area contributed by atoms with Crippen LogP contribution in [-0.2, 0) is 17.0 Å². The summed E-state index contributed by atoms with van der Waals surface area (Å²) >= 11 is 1.57. The average Bonchev–Trinajstić information content (AvgIpc) is 3.45. The maximum Gasteiger partial charge on any atom is 0.255 e. The van der Waals surface area contributed by atoms with Crippen LogP contribution in [0, 0.1) is 0 Å². The summed E-state index contributed by atoms with van der Waals surface area (Å²) in [5, 5.41) is 11.5. The topological polar surface area (TPSA) is 104 Å². The Hall–Kier alpha value is -3.72. The standard InChI is InChI=1S/C23H20N6O2S/c1-14(30)29-8-7-16-5-6-18(10-20(16)29)27-22(31)17-4-2-3-15(9-17)12-32-23-19-11-26-28-21(19)24-13-25-23/h2-6,9-11,13H,7-8,12H2,1H3,(H,27,31)(H,24,25,26,28). The molecule has 2 N–H and O–H groups in total. The normalized spacial score (nSPS) is 12.7. The van der Waals surface area contributed by atoms with Crippen LogP contribution in [0.1, 0.15) is 28.4 Å². The Bertz CT molecular complexity index is 1340. The van der Waals surface area contributed by atoms with Gasteiger partial charge in [-0.2, -0.15) is 5.10 Å². The predicted molar refractivity (Wildman–Crippen MR) is 124 cm³/mol. The fraction of sp³-hybridized carbons (Fsp3) is 0.174. The third-order valence-corrected chi connectivity index (χ3v) is 6.47. The number of thioether (sulfide) groups is 1. The first-order valence-corrected chi connectivity index (χ1v) is 11.2. The summed E-state index contributed by atoms with van der Waals surface area (Å²) in [6.45, 7) is 2.24. The molecule has 0 unspecified atom stereocenters. The maximum atomic E-state index is 12.9. The number of amides is 2. The summed E-state index contributed by atoms with van der Waals surface area (Å²) in [5.41, 5.74) is 4.95. The zero-order valence-corrected chi connectivity index (χ0v) is 18.1. The average molecular weight is 445 g/mol. The molecular formula is C23H20N6O2S. The third-order valence-electron chi connectivity index (χ3n) is 5.39. The van der Waals surface area contributed by atoms with E-state index in [0.717, 1.165) is 33.6 Å². The van der Waals surface area contributed by atoms with E-state index in [9.17, 15) is 9.59 Å². The number of nitrogens with one attached hydrogen (secondary N) is 2. The van der Waals surface area contributed by atoms with Crippen molar-refractivity contribution in [3.05, 3.63) is 71.7 Å². The van der Waals surface area contributed by atoms with Gasteiger partial charge in [-0.3, -0.25) is 14.7 Å². The van der Waals surface area contributed by atoms with Crippen molar-refractivity contribution >= 4 is 46.0 Å². The number of hydrogen-bond acceptors (Lipinski definition) is 6. The molecule has 0 bridgehead atoms. The number of aromatic nitrogens is 4. The smallest absolute Gasteiger partial charge is 0.255 e. The lowest BCUT2D eigenvalue weighted by atomic mass is 10.1. The second kappa shape index (κ2) is 8.43. The molecule has 1 aliphatic rings. The lowest BCUT2D eigenvalue weighted by molar-refractivity contribution is -0.116. The van der Waals surface area contributed by atoms with Crippen LogP contribution in [0.5, 0.6) is 0 Å². The van der Waals surface area contributed by atoms with Crippen molar-refractivity contribution in [3.63, 3.8) is 0 Å². The van der Waals surface area contributed by atoms with Crippen LogP contribution in [0.15, 0.2) is 60.0 Å². The molecule has 5 rings (SSSR count). The second-order valence-electron chi connectivity index (χ2n) is 7.52. The Kier molecular flexibility index (Phi) is 5.32. The molecule has 0 radical (unpaired) electrons. The van der Waals surface area contributed by atoms with Crippen LogP contribution in [0.2, 0.25) is 0 Å². The number of fused-ring (bicyclic) bond motifs is 2. The minimum atomic E-state index is -0.191.